The summed E-state index contributed by atoms with van der Waals surface area (Å²) < 4.78 is 0. The summed E-state index contributed by atoms with van der Waals surface area (Å²) in [6, 6.07) is 0.694. The summed E-state index contributed by atoms with van der Waals surface area (Å²) in [5.74, 6) is 2.81. The molecule has 1 aliphatic heterocycles. The van der Waals surface area contributed by atoms with E-state index in [1.165, 1.54) is 19.4 Å². The topological polar surface area (TPSA) is 112 Å². The zero-order valence-electron chi connectivity index (χ0n) is 20.3. The molecule has 0 spiro atoms. The fourth-order valence-corrected chi connectivity index (χ4v) is 6.33. The van der Waals surface area contributed by atoms with Crippen molar-refractivity contribution in [3.05, 3.63) is 22.5 Å². The highest BCUT2D eigenvalue weighted by atomic mass is 32.1. The monoisotopic (exact) mass is 483 g/mol. The van der Waals surface area contributed by atoms with Gasteiger partial charge in [0, 0.05) is 32.3 Å². The summed E-state index contributed by atoms with van der Waals surface area (Å²) in [5.41, 5.74) is 8.62. The van der Waals surface area contributed by atoms with Crippen molar-refractivity contribution in [3.8, 4) is 10.6 Å². The second-order valence-corrected chi connectivity index (χ2v) is 11.1. The van der Waals surface area contributed by atoms with E-state index in [2.05, 4.69) is 22.5 Å². The molecule has 0 aromatic carbocycles. The summed E-state index contributed by atoms with van der Waals surface area (Å²) in [4.78, 5) is 18.4. The quantitative estimate of drug-likeness (QED) is 0.406. The number of nitrogens with two attached hydrogens (primary N) is 1. The van der Waals surface area contributed by atoms with Crippen LogP contribution in [-0.2, 0) is 6.42 Å². The fourth-order valence-electron chi connectivity index (χ4n) is 5.16. The van der Waals surface area contributed by atoms with Crippen molar-refractivity contribution < 1.29 is 5.11 Å². The van der Waals surface area contributed by atoms with Crippen LogP contribution in [0.1, 0.15) is 55.3 Å². The summed E-state index contributed by atoms with van der Waals surface area (Å²) in [6.45, 7) is 7.77. The molecule has 8 nitrogen and oxygen atoms in total. The molecule has 2 aromatic heterocycles. The molecule has 0 radical (unpaired) electrons. The second kappa shape index (κ2) is 10.2. The van der Waals surface area contributed by atoms with Crippen molar-refractivity contribution in [2.24, 2.45) is 17.6 Å². The lowest BCUT2D eigenvalue weighted by Crippen LogP contribution is -2.55. The molecule has 0 amide bonds. The van der Waals surface area contributed by atoms with Crippen LogP contribution in [0.3, 0.4) is 0 Å². The van der Waals surface area contributed by atoms with Crippen LogP contribution in [0.25, 0.3) is 16.6 Å². The summed E-state index contributed by atoms with van der Waals surface area (Å²) in [7, 11) is 0. The molecule has 2 saturated carbocycles. The van der Waals surface area contributed by atoms with Gasteiger partial charge in [0.2, 0.25) is 5.95 Å². The summed E-state index contributed by atoms with van der Waals surface area (Å²) in [6.07, 6.45) is 10.2. The van der Waals surface area contributed by atoms with Crippen molar-refractivity contribution in [2.75, 3.05) is 36.9 Å². The van der Waals surface area contributed by atoms with Gasteiger partial charge in [0.05, 0.1) is 27.9 Å². The first-order valence-corrected chi connectivity index (χ1v) is 13.5. The third-order valence-corrected chi connectivity index (χ3v) is 8.34. The Morgan fingerprint density at radius 1 is 1.09 bits per heavy atom. The van der Waals surface area contributed by atoms with E-state index in [4.69, 9.17) is 20.7 Å². The molecule has 3 heterocycles. The van der Waals surface area contributed by atoms with Crippen LogP contribution >= 0.6 is 11.3 Å². The predicted octanol–water partition coefficient (Wildman–Crippen LogP) is 3.48. The lowest BCUT2D eigenvalue weighted by atomic mass is 10.1. The molecule has 1 saturated heterocycles. The van der Waals surface area contributed by atoms with Gasteiger partial charge in [-0.15, -0.1) is 11.3 Å². The van der Waals surface area contributed by atoms with Crippen molar-refractivity contribution in [1.82, 2.24) is 19.9 Å². The Labute approximate surface area is 206 Å². The lowest BCUT2D eigenvalue weighted by molar-refractivity contribution is 0.154. The maximum absolute atomic E-state index is 9.60. The number of rotatable bonds is 10. The highest BCUT2D eigenvalue weighted by Crippen LogP contribution is 2.38. The number of aromatic nitrogens is 3. The number of aliphatic hydroxyl groups excluding tert-OH is 1. The number of likely N-dealkylation sites (tertiary alicyclic amines) is 1. The molecule has 184 valence electrons. The molecule has 2 aromatic rings. The third kappa shape index (κ3) is 5.21. The minimum Gasteiger partial charge on any atom is -0.405 e. The molecule has 5 rings (SSSR count). The standard InChI is InChI=1S/C25H37N7OS/c1-3-20-21(8-9-26)34-24(30-20)22-15(2)27-25(29-19-12-32(13-19)11-16-4-5-16)31-23(22)28-18-7-6-17(10-18)14-33/h8-9,16-19,33H,3-7,10-14,26H2,1-2H3,(H2,27,28,29,31)/b9-8-. The maximum Gasteiger partial charge on any atom is 0.225 e. The van der Waals surface area contributed by atoms with E-state index in [0.717, 1.165) is 77.3 Å². The lowest BCUT2D eigenvalue weighted by Gasteiger charge is -2.39. The molecule has 0 bridgehead atoms. The largest absolute Gasteiger partial charge is 0.405 e. The molecular weight excluding hydrogens is 446 g/mol. The number of aryl methyl sites for hydroxylation is 2. The van der Waals surface area contributed by atoms with E-state index in [1.54, 1.807) is 17.5 Å². The van der Waals surface area contributed by atoms with E-state index >= 15 is 0 Å². The first-order chi connectivity index (χ1) is 16.6. The van der Waals surface area contributed by atoms with Gasteiger partial charge in [0.25, 0.3) is 0 Å². The summed E-state index contributed by atoms with van der Waals surface area (Å²) >= 11 is 1.64. The minimum absolute atomic E-state index is 0.251. The predicted molar refractivity (Wildman–Crippen MR) is 139 cm³/mol. The van der Waals surface area contributed by atoms with Gasteiger partial charge in [-0.2, -0.15) is 4.98 Å². The van der Waals surface area contributed by atoms with Gasteiger partial charge in [0.15, 0.2) is 0 Å². The molecular formula is C25H37N7OS. The van der Waals surface area contributed by atoms with Gasteiger partial charge in [0.1, 0.15) is 10.8 Å². The SMILES string of the molecule is CCc1nc(-c2c(C)nc(NC3CN(CC4CC4)C3)nc2NC2CCC(CO)C2)sc1/C=C\N. The van der Waals surface area contributed by atoms with E-state index in [9.17, 15) is 5.11 Å². The highest BCUT2D eigenvalue weighted by Gasteiger charge is 2.33. The number of thiazole rings is 1. The fraction of sp³-hybridized carbons (Fsp3) is 0.640. The normalized spacial score (nSPS) is 23.5. The van der Waals surface area contributed by atoms with Crippen LogP contribution in [0, 0.1) is 18.8 Å². The third-order valence-electron chi connectivity index (χ3n) is 7.26. The molecule has 9 heteroatoms. The van der Waals surface area contributed by atoms with Crippen LogP contribution in [0.15, 0.2) is 6.20 Å². The molecule has 2 aliphatic carbocycles. The zero-order valence-corrected chi connectivity index (χ0v) is 21.1. The van der Waals surface area contributed by atoms with Crippen LogP contribution in [0.5, 0.6) is 0 Å². The Bertz CT molecular complexity index is 1030. The molecule has 3 aliphatic rings. The number of hydrogen-bond acceptors (Lipinski definition) is 9. The Morgan fingerprint density at radius 2 is 1.88 bits per heavy atom. The Kier molecular flexibility index (Phi) is 7.04. The van der Waals surface area contributed by atoms with E-state index < -0.39 is 0 Å². The van der Waals surface area contributed by atoms with Gasteiger partial charge in [-0.3, -0.25) is 4.90 Å². The number of hydrogen-bond donors (Lipinski definition) is 4. The van der Waals surface area contributed by atoms with E-state index in [-0.39, 0.29) is 6.61 Å². The summed E-state index contributed by atoms with van der Waals surface area (Å²) in [5, 5.41) is 17.8. The number of nitrogens with one attached hydrogen (secondary N) is 2. The Hall–Kier alpha value is -2.23. The van der Waals surface area contributed by atoms with Crippen molar-refractivity contribution in [2.45, 2.75) is 64.5 Å². The number of aliphatic hydroxyl groups is 1. The van der Waals surface area contributed by atoms with Gasteiger partial charge >= 0.3 is 0 Å². The van der Waals surface area contributed by atoms with Gasteiger partial charge < -0.3 is 21.5 Å². The average Bonchev–Trinajstić information content (AvgIpc) is 3.35. The smallest absolute Gasteiger partial charge is 0.225 e. The second-order valence-electron chi connectivity index (χ2n) is 10.1. The molecule has 34 heavy (non-hydrogen) atoms. The number of anilines is 2. The van der Waals surface area contributed by atoms with Crippen molar-refractivity contribution in [3.63, 3.8) is 0 Å². The molecule has 5 N–H and O–H groups in total. The Morgan fingerprint density at radius 3 is 2.56 bits per heavy atom. The maximum atomic E-state index is 9.60. The van der Waals surface area contributed by atoms with Gasteiger partial charge in [-0.05, 0) is 69.6 Å². The van der Waals surface area contributed by atoms with Gasteiger partial charge in [-0.25, -0.2) is 9.97 Å². The van der Waals surface area contributed by atoms with Crippen LogP contribution in [0.4, 0.5) is 11.8 Å². The van der Waals surface area contributed by atoms with Crippen LogP contribution < -0.4 is 16.4 Å². The first kappa shape index (κ1) is 23.5. The molecule has 2 unspecified atom stereocenters. The van der Waals surface area contributed by atoms with Crippen LogP contribution in [0.2, 0.25) is 0 Å². The van der Waals surface area contributed by atoms with Gasteiger partial charge in [-0.1, -0.05) is 6.92 Å². The Balaban J connectivity index is 1.40. The number of nitrogens with zero attached hydrogens (tertiary/aromatic N) is 4. The minimum atomic E-state index is 0.251. The van der Waals surface area contributed by atoms with E-state index in [1.807, 2.05) is 13.0 Å². The van der Waals surface area contributed by atoms with Crippen molar-refractivity contribution in [1.29, 1.82) is 0 Å². The first-order valence-electron chi connectivity index (χ1n) is 12.7. The van der Waals surface area contributed by atoms with Crippen LogP contribution in [-0.4, -0.2) is 63.3 Å². The van der Waals surface area contributed by atoms with Crippen molar-refractivity contribution >= 4 is 29.2 Å². The van der Waals surface area contributed by atoms with E-state index in [0.29, 0.717) is 23.9 Å². The molecule has 2 atom stereocenters. The highest BCUT2D eigenvalue weighted by molar-refractivity contribution is 7.16. The average molecular weight is 484 g/mol. The zero-order chi connectivity index (χ0) is 23.7. The molecule has 3 fully saturated rings.